The predicted molar refractivity (Wildman–Crippen MR) is 313 cm³/mol. The lowest BCUT2D eigenvalue weighted by atomic mass is 10.1. The summed E-state index contributed by atoms with van der Waals surface area (Å²) < 4.78 is 98.4. The number of para-hydroxylation sites is 3. The highest BCUT2D eigenvalue weighted by atomic mass is 35.5. The fourth-order valence-electron chi connectivity index (χ4n) is 10.4. The van der Waals surface area contributed by atoms with Crippen molar-refractivity contribution in [3.8, 4) is 5.75 Å². The van der Waals surface area contributed by atoms with Crippen LogP contribution < -0.4 is 10.2 Å². The average Bonchev–Trinajstić information content (AvgIpc) is 3.97. The van der Waals surface area contributed by atoms with Gasteiger partial charge in [0.2, 0.25) is 6.41 Å². The topological polar surface area (TPSA) is 266 Å². The summed E-state index contributed by atoms with van der Waals surface area (Å²) in [5.41, 5.74) is 7.45. The molecule has 20 nitrogen and oxygen atoms in total. The monoisotopic (exact) mass is 1210 g/mol. The van der Waals surface area contributed by atoms with E-state index in [1.165, 1.54) is 6.20 Å². The number of carbonyl (C=O) groups excluding carboxylic acids is 1. The molecule has 0 bridgehead atoms. The summed E-state index contributed by atoms with van der Waals surface area (Å²) in [6.45, 7) is 1.76. The van der Waals surface area contributed by atoms with E-state index in [0.29, 0.717) is 48.0 Å². The summed E-state index contributed by atoms with van der Waals surface area (Å²) in [5.74, 6) is -0.160. The average molecular weight is 1210 g/mol. The van der Waals surface area contributed by atoms with Crippen molar-refractivity contribution in [2.24, 2.45) is 0 Å². The van der Waals surface area contributed by atoms with E-state index in [9.17, 15) is 40.5 Å². The van der Waals surface area contributed by atoms with Gasteiger partial charge in [0.05, 0.1) is 94.6 Å². The molecule has 2 unspecified atom stereocenters. The number of sulfone groups is 3. The quantitative estimate of drug-likeness (QED) is 0.0267. The lowest BCUT2D eigenvalue weighted by Gasteiger charge is -2.27. The number of benzene rings is 4. The first kappa shape index (κ1) is 63.8. The molecule has 442 valence electrons. The number of pyridine rings is 3. The van der Waals surface area contributed by atoms with Crippen LogP contribution in [0.3, 0.4) is 0 Å². The minimum Gasteiger partial charge on any atom is -0.497 e. The number of hydroxylamine groups is 5. The van der Waals surface area contributed by atoms with Crippen LogP contribution >= 0.6 is 12.4 Å². The van der Waals surface area contributed by atoms with Gasteiger partial charge < -0.3 is 24.2 Å². The second kappa shape index (κ2) is 29.1. The van der Waals surface area contributed by atoms with Gasteiger partial charge in [0.15, 0.2) is 35.7 Å². The number of hydrogen-bond acceptors (Lipinski definition) is 19. The molecule has 11 rings (SSSR count). The third-order valence-electron chi connectivity index (χ3n) is 14.3. The zero-order valence-corrected chi connectivity index (χ0v) is 47.9. The third-order valence-corrected chi connectivity index (χ3v) is 19.2. The van der Waals surface area contributed by atoms with Gasteiger partial charge in [0, 0.05) is 54.6 Å². The van der Waals surface area contributed by atoms with Crippen molar-refractivity contribution < 1.29 is 64.2 Å². The Morgan fingerprint density at radius 1 is 0.634 bits per heavy atom. The number of rotatable bonds is 21. The van der Waals surface area contributed by atoms with Crippen LogP contribution in [-0.2, 0) is 70.6 Å². The first-order valence-electron chi connectivity index (χ1n) is 26.5. The Labute approximate surface area is 485 Å². The standard InChI is InChI=1S/C24H26N2O5S.C17H20N2O5S.C16H20N2O4S.CH4.ClH/c1-29-20-10-8-18(9-11-20)24-26(31-24)22(23-7-4-12-30-23)16-32(27,28)15-17-13-19-5-2-3-6-21(19)25-14-17;20-12-19(21)16(17-6-3-7-24-17)11-25(22,23)10-13-8-14-4-1-2-5-15(14)18-9-13;19-18-15(16-6-3-7-22-16)11-23(20,21)10-12-8-13-4-1-2-5-14(13)17-9-12;;/h2-3,5-6,8-11,13-14,22-24H,4,7,12,15-16H2,1H3;1-2,4-5,8-9,12,16-17,21H,3,6-7,10-11H2;1-2,4-5,8-9,15-16,18-19H,3,6-7,10-11H2;1H4;1H/t22-,23-,24?,26?;16-,17-;15-,16-;;/m111../s1. The van der Waals surface area contributed by atoms with E-state index in [1.807, 2.05) is 109 Å². The zero-order valence-electron chi connectivity index (χ0n) is 44.6. The Bertz CT molecular complexity index is 3550. The van der Waals surface area contributed by atoms with Crippen LogP contribution in [0.5, 0.6) is 5.75 Å². The number of nitrogens with one attached hydrogen (secondary N) is 1. The maximum absolute atomic E-state index is 13.2. The van der Waals surface area contributed by atoms with E-state index in [1.54, 1.807) is 30.6 Å². The SMILES string of the molecule is C.COc1ccc(C2ON2[C@H](CS(=O)(=O)Cc2cnc3ccccc3c2)[C@H]2CCCO2)cc1.Cl.O=CN(O)[C@H](CS(=O)(=O)Cc1cnc2ccccc2c1)[C@H]1CCCO1.O=S(=O)(Cc1cnc2ccccc2c1)C[C@@H](NO)[C@H]1CCCO1. The lowest BCUT2D eigenvalue weighted by molar-refractivity contribution is -0.168. The molecule has 4 aliphatic heterocycles. The Kier molecular flexibility index (Phi) is 22.7. The molecule has 3 aromatic heterocycles. The molecule has 7 aromatic rings. The number of aromatic nitrogens is 3. The molecule has 4 saturated heterocycles. The Morgan fingerprint density at radius 2 is 1.06 bits per heavy atom. The van der Waals surface area contributed by atoms with Crippen molar-refractivity contribution in [3.63, 3.8) is 0 Å². The number of fused-ring (bicyclic) bond motifs is 3. The second-order valence-electron chi connectivity index (χ2n) is 20.4. The summed E-state index contributed by atoms with van der Waals surface area (Å²) in [5, 5.41) is 23.9. The maximum atomic E-state index is 13.2. The first-order chi connectivity index (χ1) is 38.6. The second-order valence-corrected chi connectivity index (χ2v) is 26.7. The van der Waals surface area contributed by atoms with Crippen LogP contribution in [0, 0.1) is 0 Å². The first-order valence-corrected chi connectivity index (χ1v) is 31.9. The predicted octanol–water partition coefficient (Wildman–Crippen LogP) is 7.93. The van der Waals surface area contributed by atoms with Gasteiger partial charge in [-0.3, -0.25) is 29.8 Å². The molecule has 8 atom stereocenters. The van der Waals surface area contributed by atoms with Crippen LogP contribution in [0.1, 0.15) is 74.4 Å². The van der Waals surface area contributed by atoms with Gasteiger partial charge in [-0.15, -0.1) is 17.5 Å². The fraction of sp³-hybridized carbons (Fsp3) is 0.414. The molecule has 0 radical (unpaired) electrons. The van der Waals surface area contributed by atoms with E-state index < -0.39 is 47.7 Å². The van der Waals surface area contributed by atoms with Crippen LogP contribution in [0.25, 0.3) is 32.7 Å². The van der Waals surface area contributed by atoms with Crippen molar-refractivity contribution in [2.45, 2.75) is 106 Å². The van der Waals surface area contributed by atoms with Crippen molar-refractivity contribution in [3.05, 3.63) is 156 Å². The van der Waals surface area contributed by atoms with Crippen molar-refractivity contribution in [2.75, 3.05) is 44.2 Å². The number of ether oxygens (including phenoxy) is 4. The third kappa shape index (κ3) is 17.4. The normalized spacial score (nSPS) is 20.7. The number of nitrogens with zero attached hydrogens (tertiary/aromatic N) is 5. The molecular formula is C58H71ClN6O14S3. The highest BCUT2D eigenvalue weighted by Crippen LogP contribution is 2.42. The minimum atomic E-state index is -3.58. The zero-order chi connectivity index (χ0) is 56.3. The van der Waals surface area contributed by atoms with Gasteiger partial charge in [-0.1, -0.05) is 74.2 Å². The molecule has 4 aromatic carbocycles. The molecule has 1 amide bonds. The van der Waals surface area contributed by atoms with Crippen LogP contribution in [0.2, 0.25) is 0 Å². The van der Waals surface area contributed by atoms with E-state index in [-0.39, 0.29) is 85.2 Å². The summed E-state index contributed by atoms with van der Waals surface area (Å²) in [4.78, 5) is 29.7. The summed E-state index contributed by atoms with van der Waals surface area (Å²) in [6.07, 6.45) is 8.62. The Hall–Kier alpha value is -5.80. The van der Waals surface area contributed by atoms with E-state index in [4.69, 9.17) is 23.8 Å². The van der Waals surface area contributed by atoms with Crippen LogP contribution in [-0.4, -0.2) is 148 Å². The molecule has 0 aliphatic carbocycles. The smallest absolute Gasteiger partial charge is 0.233 e. The number of methoxy groups -OCH3 is 1. The minimum absolute atomic E-state index is 0. The van der Waals surface area contributed by atoms with Crippen LogP contribution in [0.15, 0.2) is 134 Å². The van der Waals surface area contributed by atoms with E-state index in [0.717, 1.165) is 76.1 Å². The maximum Gasteiger partial charge on any atom is 0.233 e. The lowest BCUT2D eigenvalue weighted by Crippen LogP contribution is -2.45. The molecule has 4 fully saturated rings. The molecule has 24 heteroatoms. The molecule has 82 heavy (non-hydrogen) atoms. The highest BCUT2D eigenvalue weighted by molar-refractivity contribution is 7.91. The molecule has 3 N–H and O–H groups in total. The Balaban J connectivity index is 0.000000178. The number of halogens is 1. The van der Waals surface area contributed by atoms with E-state index >= 15 is 0 Å². The molecule has 4 aliphatic rings. The van der Waals surface area contributed by atoms with Crippen LogP contribution in [0.4, 0.5) is 0 Å². The highest BCUT2D eigenvalue weighted by Gasteiger charge is 2.49. The van der Waals surface area contributed by atoms with Gasteiger partial charge in [-0.05, 0) is 109 Å². The molecule has 0 saturated carbocycles. The fourth-order valence-corrected chi connectivity index (χ4v) is 15.3. The van der Waals surface area contributed by atoms with Gasteiger partial charge in [0.1, 0.15) is 5.75 Å². The number of carbonyl (C=O) groups is 1. The van der Waals surface area contributed by atoms with Crippen molar-refractivity contribution in [1.82, 2.24) is 30.6 Å². The van der Waals surface area contributed by atoms with E-state index in [2.05, 4.69) is 20.4 Å². The van der Waals surface area contributed by atoms with Gasteiger partial charge >= 0.3 is 0 Å². The summed E-state index contributed by atoms with van der Waals surface area (Å²) >= 11 is 0. The summed E-state index contributed by atoms with van der Waals surface area (Å²) in [7, 11) is -8.77. The van der Waals surface area contributed by atoms with Gasteiger partial charge in [0.25, 0.3) is 0 Å². The largest absolute Gasteiger partial charge is 0.497 e. The van der Waals surface area contributed by atoms with Crippen molar-refractivity contribution in [1.29, 1.82) is 0 Å². The van der Waals surface area contributed by atoms with Gasteiger partial charge in [-0.2, -0.15) is 5.48 Å². The molecule has 7 heterocycles. The number of amides is 1. The molecular weight excluding hydrogens is 1140 g/mol. The van der Waals surface area contributed by atoms with Crippen molar-refractivity contribution >= 4 is 81.0 Å². The van der Waals surface area contributed by atoms with Gasteiger partial charge in [-0.25, -0.2) is 30.3 Å². The molecule has 0 spiro atoms. The summed E-state index contributed by atoms with van der Waals surface area (Å²) in [6, 6.07) is 34.0. The Morgan fingerprint density at radius 3 is 1.49 bits per heavy atom. The number of hydrogen-bond donors (Lipinski definition) is 3.